The van der Waals surface area contributed by atoms with Gasteiger partial charge in [0.1, 0.15) is 11.4 Å². The molecule has 0 bridgehead atoms. The Balaban J connectivity index is 2.43. The van der Waals surface area contributed by atoms with Crippen LogP contribution in [0.25, 0.3) is 16.8 Å². The smallest absolute Gasteiger partial charge is 0.172 e. The molecular formula is C16H16O3. The van der Waals surface area contributed by atoms with Gasteiger partial charge in [-0.3, -0.25) is 0 Å². The molecule has 0 radical (unpaired) electrons. The van der Waals surface area contributed by atoms with E-state index < -0.39 is 0 Å². The number of hydrogen-bond donors (Lipinski definition) is 1. The van der Waals surface area contributed by atoms with Gasteiger partial charge in [0.25, 0.3) is 0 Å². The summed E-state index contributed by atoms with van der Waals surface area (Å²) in [5, 5.41) is 12.0. The van der Waals surface area contributed by atoms with E-state index in [2.05, 4.69) is 0 Å². The molecule has 3 heteroatoms. The highest BCUT2D eigenvalue weighted by molar-refractivity contribution is 5.99. The van der Waals surface area contributed by atoms with Gasteiger partial charge in [-0.1, -0.05) is 24.3 Å². The van der Waals surface area contributed by atoms with Crippen LogP contribution >= 0.6 is 0 Å². The molecule has 2 aromatic rings. The summed E-state index contributed by atoms with van der Waals surface area (Å²) in [6, 6.07) is 7.63. The van der Waals surface area contributed by atoms with Crippen molar-refractivity contribution in [2.75, 3.05) is 7.11 Å². The maximum Gasteiger partial charge on any atom is 0.172 e. The third-order valence-corrected chi connectivity index (χ3v) is 3.35. The first-order chi connectivity index (χ1) is 9.03. The zero-order valence-corrected chi connectivity index (χ0v) is 11.2. The Morgan fingerprint density at radius 1 is 1.16 bits per heavy atom. The second-order valence-corrected chi connectivity index (χ2v) is 5.21. The fourth-order valence-electron chi connectivity index (χ4n) is 2.43. The van der Waals surface area contributed by atoms with Crippen LogP contribution in [0.4, 0.5) is 0 Å². The molecule has 0 aromatic heterocycles. The van der Waals surface area contributed by atoms with Gasteiger partial charge in [-0.15, -0.1) is 0 Å². The number of hydrogen-bond acceptors (Lipinski definition) is 3. The Hall–Kier alpha value is -2.16. The predicted octanol–water partition coefficient (Wildman–Crippen LogP) is 3.74. The number of benzene rings is 2. The Morgan fingerprint density at radius 2 is 1.84 bits per heavy atom. The van der Waals surface area contributed by atoms with Crippen LogP contribution in [0.2, 0.25) is 0 Å². The van der Waals surface area contributed by atoms with E-state index in [0.717, 1.165) is 22.1 Å². The van der Waals surface area contributed by atoms with Crippen molar-refractivity contribution in [2.45, 2.75) is 19.4 Å². The van der Waals surface area contributed by atoms with Gasteiger partial charge in [-0.2, -0.15) is 0 Å². The van der Waals surface area contributed by atoms with Crippen LogP contribution in [0, 0.1) is 0 Å². The first kappa shape index (κ1) is 11.9. The van der Waals surface area contributed by atoms with E-state index in [1.807, 2.05) is 50.3 Å². The number of rotatable bonds is 1. The second kappa shape index (κ2) is 3.92. The number of phenols is 1. The Labute approximate surface area is 112 Å². The summed E-state index contributed by atoms with van der Waals surface area (Å²) in [6.07, 6.45) is 3.91. The standard InChI is InChI=1S/C16H16O3/c1-16(2)9-8-12-14(19-16)11-7-5-4-6-10(11)13(17)15(12)18-3/h4-9,17H,1-3H3. The van der Waals surface area contributed by atoms with Crippen molar-refractivity contribution in [1.82, 2.24) is 0 Å². The molecular weight excluding hydrogens is 240 g/mol. The Kier molecular flexibility index (Phi) is 2.45. The zero-order chi connectivity index (χ0) is 13.6. The number of ether oxygens (including phenoxy) is 2. The van der Waals surface area contributed by atoms with Gasteiger partial charge in [0, 0.05) is 10.8 Å². The molecule has 0 amide bonds. The lowest BCUT2D eigenvalue weighted by Crippen LogP contribution is -2.27. The molecule has 0 aliphatic carbocycles. The summed E-state index contributed by atoms with van der Waals surface area (Å²) in [5.41, 5.74) is 0.426. The maximum absolute atomic E-state index is 10.3. The van der Waals surface area contributed by atoms with Gasteiger partial charge in [0.05, 0.1) is 12.7 Å². The molecule has 1 aliphatic heterocycles. The van der Waals surface area contributed by atoms with E-state index in [4.69, 9.17) is 9.47 Å². The molecule has 98 valence electrons. The van der Waals surface area contributed by atoms with Gasteiger partial charge in [-0.25, -0.2) is 0 Å². The van der Waals surface area contributed by atoms with E-state index in [1.54, 1.807) is 7.11 Å². The van der Waals surface area contributed by atoms with Crippen molar-refractivity contribution in [2.24, 2.45) is 0 Å². The van der Waals surface area contributed by atoms with Gasteiger partial charge < -0.3 is 14.6 Å². The van der Waals surface area contributed by atoms with Crippen molar-refractivity contribution in [3.05, 3.63) is 35.9 Å². The maximum atomic E-state index is 10.3. The van der Waals surface area contributed by atoms with Crippen molar-refractivity contribution >= 4 is 16.8 Å². The lowest BCUT2D eigenvalue weighted by molar-refractivity contribution is 0.160. The second-order valence-electron chi connectivity index (χ2n) is 5.21. The zero-order valence-electron chi connectivity index (χ0n) is 11.2. The number of methoxy groups -OCH3 is 1. The topological polar surface area (TPSA) is 38.7 Å². The van der Waals surface area contributed by atoms with Crippen LogP contribution in [0.3, 0.4) is 0 Å². The van der Waals surface area contributed by atoms with Crippen LogP contribution < -0.4 is 9.47 Å². The fourth-order valence-corrected chi connectivity index (χ4v) is 2.43. The predicted molar refractivity (Wildman–Crippen MR) is 75.9 cm³/mol. The first-order valence-corrected chi connectivity index (χ1v) is 6.23. The van der Waals surface area contributed by atoms with E-state index in [1.165, 1.54) is 0 Å². The quantitative estimate of drug-likeness (QED) is 0.844. The summed E-state index contributed by atoms with van der Waals surface area (Å²) < 4.78 is 11.4. The van der Waals surface area contributed by atoms with Gasteiger partial charge >= 0.3 is 0 Å². The molecule has 3 nitrogen and oxygen atoms in total. The van der Waals surface area contributed by atoms with Gasteiger partial charge in [-0.05, 0) is 26.0 Å². The Bertz CT molecular complexity index is 684. The monoisotopic (exact) mass is 256 g/mol. The highest BCUT2D eigenvalue weighted by atomic mass is 16.5. The van der Waals surface area contributed by atoms with Crippen LogP contribution in [-0.4, -0.2) is 17.8 Å². The lowest BCUT2D eigenvalue weighted by Gasteiger charge is -2.30. The summed E-state index contributed by atoms with van der Waals surface area (Å²) in [4.78, 5) is 0. The minimum absolute atomic E-state index is 0.157. The number of fused-ring (bicyclic) bond motifs is 3. The average Bonchev–Trinajstić information content (AvgIpc) is 2.40. The van der Waals surface area contributed by atoms with E-state index in [-0.39, 0.29) is 11.4 Å². The summed E-state index contributed by atoms with van der Waals surface area (Å²) in [6.45, 7) is 4.00. The highest BCUT2D eigenvalue weighted by Crippen LogP contribution is 2.48. The van der Waals surface area contributed by atoms with Crippen LogP contribution in [0.15, 0.2) is 30.3 Å². The molecule has 0 unspecified atom stereocenters. The minimum atomic E-state index is -0.363. The minimum Gasteiger partial charge on any atom is -0.504 e. The molecule has 0 saturated heterocycles. The molecule has 2 aromatic carbocycles. The first-order valence-electron chi connectivity index (χ1n) is 6.23. The van der Waals surface area contributed by atoms with E-state index in [9.17, 15) is 5.11 Å². The molecule has 3 rings (SSSR count). The van der Waals surface area contributed by atoms with Crippen molar-refractivity contribution < 1.29 is 14.6 Å². The van der Waals surface area contributed by atoms with E-state index in [0.29, 0.717) is 5.75 Å². The lowest BCUT2D eigenvalue weighted by atomic mass is 9.97. The fraction of sp³-hybridized carbons (Fsp3) is 0.250. The molecule has 1 N–H and O–H groups in total. The summed E-state index contributed by atoms with van der Waals surface area (Å²) in [5.74, 6) is 1.38. The number of phenolic OH excluding ortho intramolecular Hbond substituents is 1. The molecule has 0 atom stereocenters. The van der Waals surface area contributed by atoms with Crippen molar-refractivity contribution in [1.29, 1.82) is 0 Å². The van der Waals surface area contributed by atoms with Gasteiger partial charge in [0.2, 0.25) is 0 Å². The highest BCUT2D eigenvalue weighted by Gasteiger charge is 2.28. The largest absolute Gasteiger partial charge is 0.504 e. The molecule has 0 fully saturated rings. The van der Waals surface area contributed by atoms with Crippen LogP contribution in [0.5, 0.6) is 17.2 Å². The third-order valence-electron chi connectivity index (χ3n) is 3.35. The molecule has 1 aliphatic rings. The van der Waals surface area contributed by atoms with Crippen LogP contribution in [0.1, 0.15) is 19.4 Å². The summed E-state index contributed by atoms with van der Waals surface area (Å²) in [7, 11) is 1.55. The molecule has 19 heavy (non-hydrogen) atoms. The molecule has 1 heterocycles. The van der Waals surface area contributed by atoms with Gasteiger partial charge in [0.15, 0.2) is 11.5 Å². The average molecular weight is 256 g/mol. The number of aromatic hydroxyl groups is 1. The van der Waals surface area contributed by atoms with Crippen LogP contribution in [-0.2, 0) is 0 Å². The molecule has 0 saturated carbocycles. The van der Waals surface area contributed by atoms with Crippen molar-refractivity contribution in [3.63, 3.8) is 0 Å². The Morgan fingerprint density at radius 3 is 2.53 bits per heavy atom. The van der Waals surface area contributed by atoms with E-state index >= 15 is 0 Å². The SMILES string of the molecule is COc1c2c(c3ccccc3c1O)OC(C)(C)C=C2. The third kappa shape index (κ3) is 1.73. The van der Waals surface area contributed by atoms with Crippen molar-refractivity contribution in [3.8, 4) is 17.2 Å². The normalized spacial score (nSPS) is 15.9. The summed E-state index contributed by atoms with van der Waals surface area (Å²) >= 11 is 0. The molecule has 0 spiro atoms.